The zero-order valence-corrected chi connectivity index (χ0v) is 12.2. The highest BCUT2D eigenvalue weighted by atomic mass is 16.5. The maximum atomic E-state index is 11.5. The Labute approximate surface area is 120 Å². The van der Waals surface area contributed by atoms with Crippen LogP contribution in [0, 0.1) is 0 Å². The smallest absolute Gasteiger partial charge is 0.312 e. The molecule has 1 unspecified atom stereocenters. The van der Waals surface area contributed by atoms with Gasteiger partial charge in [0.25, 0.3) is 0 Å². The van der Waals surface area contributed by atoms with Gasteiger partial charge in [-0.3, -0.25) is 4.79 Å². The molecule has 0 bridgehead atoms. The van der Waals surface area contributed by atoms with E-state index in [-0.39, 0.29) is 11.9 Å². The normalized spacial score (nSPS) is 16.6. The highest BCUT2D eigenvalue weighted by Gasteiger charge is 2.16. The first-order valence-electron chi connectivity index (χ1n) is 7.22. The van der Waals surface area contributed by atoms with Gasteiger partial charge in [-0.15, -0.1) is 0 Å². The molecule has 0 saturated heterocycles. The number of rotatable bonds is 3. The molecule has 1 fully saturated rings. The molecule has 1 aliphatic carbocycles. The van der Waals surface area contributed by atoms with Gasteiger partial charge in [0, 0.05) is 5.56 Å². The van der Waals surface area contributed by atoms with Crippen LogP contribution < -0.4 is 0 Å². The predicted molar refractivity (Wildman–Crippen MR) is 79.5 cm³/mol. The highest BCUT2D eigenvalue weighted by molar-refractivity contribution is 5.77. The fraction of sp³-hybridized carbons (Fsp3) is 0.471. The van der Waals surface area contributed by atoms with Crippen LogP contribution in [-0.2, 0) is 9.53 Å². The number of aliphatic hydroxyl groups is 1. The molecule has 3 nitrogen and oxygen atoms in total. The second kappa shape index (κ2) is 6.60. The van der Waals surface area contributed by atoms with Gasteiger partial charge in [-0.1, -0.05) is 30.7 Å². The van der Waals surface area contributed by atoms with Crippen molar-refractivity contribution >= 4 is 11.7 Å². The van der Waals surface area contributed by atoms with Crippen molar-refractivity contribution in [3.05, 3.63) is 41.0 Å². The van der Waals surface area contributed by atoms with Crippen LogP contribution in [-0.4, -0.2) is 18.2 Å². The summed E-state index contributed by atoms with van der Waals surface area (Å²) in [7, 11) is 1.40. The van der Waals surface area contributed by atoms with Crippen molar-refractivity contribution in [1.29, 1.82) is 0 Å². The van der Waals surface area contributed by atoms with E-state index in [2.05, 4.69) is 0 Å². The van der Waals surface area contributed by atoms with E-state index in [0.717, 1.165) is 42.4 Å². The Morgan fingerprint density at radius 1 is 1.15 bits per heavy atom. The van der Waals surface area contributed by atoms with Crippen LogP contribution >= 0.6 is 0 Å². The SMILES string of the molecule is COC(=O)C(C)c1ccc(C(O)=C2CCCCC2)cc1. The minimum Gasteiger partial charge on any atom is -0.507 e. The van der Waals surface area contributed by atoms with Crippen molar-refractivity contribution in [3.8, 4) is 0 Å². The molecule has 1 aliphatic rings. The van der Waals surface area contributed by atoms with Crippen molar-refractivity contribution in [1.82, 2.24) is 0 Å². The standard InChI is InChI=1S/C17H22O3/c1-12(17(19)20-2)13-8-10-15(11-9-13)16(18)14-6-4-3-5-7-14/h8-12,18H,3-7H2,1-2H3. The molecule has 1 aromatic rings. The maximum Gasteiger partial charge on any atom is 0.312 e. The molecule has 0 aromatic heterocycles. The molecule has 0 aliphatic heterocycles. The van der Waals surface area contributed by atoms with Crippen molar-refractivity contribution in [2.75, 3.05) is 7.11 Å². The first-order chi connectivity index (χ1) is 9.63. The van der Waals surface area contributed by atoms with Gasteiger partial charge in [-0.05, 0) is 43.7 Å². The molecule has 20 heavy (non-hydrogen) atoms. The molecular weight excluding hydrogens is 252 g/mol. The monoisotopic (exact) mass is 274 g/mol. The molecule has 0 radical (unpaired) electrons. The van der Waals surface area contributed by atoms with Crippen molar-refractivity contribution in [2.45, 2.75) is 44.9 Å². The van der Waals surface area contributed by atoms with Crippen molar-refractivity contribution < 1.29 is 14.6 Å². The fourth-order valence-electron chi connectivity index (χ4n) is 2.66. The molecule has 3 heteroatoms. The summed E-state index contributed by atoms with van der Waals surface area (Å²) in [5.74, 6) is -0.104. The number of ether oxygens (including phenoxy) is 1. The van der Waals surface area contributed by atoms with Crippen LogP contribution in [0.1, 0.15) is 56.1 Å². The molecular formula is C17H22O3. The summed E-state index contributed by atoms with van der Waals surface area (Å²) < 4.78 is 4.74. The van der Waals surface area contributed by atoms with Gasteiger partial charge >= 0.3 is 5.97 Å². The Kier molecular flexibility index (Phi) is 4.83. The lowest BCUT2D eigenvalue weighted by atomic mass is 9.91. The quantitative estimate of drug-likeness (QED) is 0.664. The van der Waals surface area contributed by atoms with E-state index in [1.54, 1.807) is 0 Å². The van der Waals surface area contributed by atoms with Crippen LogP contribution in [0.5, 0.6) is 0 Å². The largest absolute Gasteiger partial charge is 0.507 e. The highest BCUT2D eigenvalue weighted by Crippen LogP contribution is 2.29. The van der Waals surface area contributed by atoms with Gasteiger partial charge in [0.05, 0.1) is 13.0 Å². The average molecular weight is 274 g/mol. The summed E-state index contributed by atoms with van der Waals surface area (Å²) in [5.41, 5.74) is 2.90. The molecule has 1 N–H and O–H groups in total. The zero-order valence-electron chi connectivity index (χ0n) is 12.2. The summed E-state index contributed by atoms with van der Waals surface area (Å²) in [6.07, 6.45) is 5.57. The van der Waals surface area contributed by atoms with E-state index in [4.69, 9.17) is 4.74 Å². The van der Waals surface area contributed by atoms with E-state index in [1.807, 2.05) is 31.2 Å². The number of allylic oxidation sites excluding steroid dienone is 1. The van der Waals surface area contributed by atoms with Gasteiger partial charge in [0.15, 0.2) is 0 Å². The van der Waals surface area contributed by atoms with E-state index < -0.39 is 0 Å². The van der Waals surface area contributed by atoms with E-state index in [1.165, 1.54) is 13.5 Å². The Bertz CT molecular complexity index is 491. The molecule has 108 valence electrons. The fourth-order valence-corrected chi connectivity index (χ4v) is 2.66. The summed E-state index contributed by atoms with van der Waals surface area (Å²) in [6.45, 7) is 1.82. The summed E-state index contributed by atoms with van der Waals surface area (Å²) in [4.78, 5) is 11.5. The lowest BCUT2D eigenvalue weighted by Crippen LogP contribution is -2.10. The maximum absolute atomic E-state index is 11.5. The molecule has 0 spiro atoms. The topological polar surface area (TPSA) is 46.5 Å². The number of carbonyl (C=O) groups excluding carboxylic acids is 1. The number of hydrogen-bond acceptors (Lipinski definition) is 3. The first-order valence-corrected chi connectivity index (χ1v) is 7.22. The van der Waals surface area contributed by atoms with Crippen LogP contribution in [0.4, 0.5) is 0 Å². The Balaban J connectivity index is 2.17. The van der Waals surface area contributed by atoms with Crippen LogP contribution in [0.2, 0.25) is 0 Å². The summed E-state index contributed by atoms with van der Waals surface area (Å²) in [5, 5.41) is 10.3. The van der Waals surface area contributed by atoms with Crippen LogP contribution in [0.3, 0.4) is 0 Å². The van der Waals surface area contributed by atoms with Gasteiger partial charge in [-0.2, -0.15) is 0 Å². The molecule has 1 atom stereocenters. The average Bonchev–Trinajstić information content (AvgIpc) is 2.53. The van der Waals surface area contributed by atoms with Gasteiger partial charge in [-0.25, -0.2) is 0 Å². The summed E-state index contributed by atoms with van der Waals surface area (Å²) >= 11 is 0. The Hall–Kier alpha value is -1.77. The second-order valence-corrected chi connectivity index (χ2v) is 5.38. The third-order valence-corrected chi connectivity index (χ3v) is 4.03. The van der Waals surface area contributed by atoms with E-state index in [0.29, 0.717) is 5.76 Å². The molecule has 1 aromatic carbocycles. The number of aliphatic hydroxyl groups excluding tert-OH is 1. The molecule has 0 amide bonds. The molecule has 0 heterocycles. The van der Waals surface area contributed by atoms with Gasteiger partial charge < -0.3 is 9.84 Å². The Morgan fingerprint density at radius 2 is 1.75 bits per heavy atom. The number of hydrogen-bond donors (Lipinski definition) is 1. The second-order valence-electron chi connectivity index (χ2n) is 5.38. The Morgan fingerprint density at radius 3 is 2.30 bits per heavy atom. The minimum absolute atomic E-state index is 0.243. The number of methoxy groups -OCH3 is 1. The minimum atomic E-state index is -0.279. The van der Waals surface area contributed by atoms with Crippen LogP contribution in [0.15, 0.2) is 29.8 Å². The first kappa shape index (κ1) is 14.6. The summed E-state index contributed by atoms with van der Waals surface area (Å²) in [6, 6.07) is 7.53. The predicted octanol–water partition coefficient (Wildman–Crippen LogP) is 4.20. The number of esters is 1. The zero-order chi connectivity index (χ0) is 14.5. The third-order valence-electron chi connectivity index (χ3n) is 4.03. The van der Waals surface area contributed by atoms with Crippen molar-refractivity contribution in [3.63, 3.8) is 0 Å². The number of benzene rings is 1. The van der Waals surface area contributed by atoms with Crippen LogP contribution in [0.25, 0.3) is 5.76 Å². The molecule has 1 saturated carbocycles. The third kappa shape index (κ3) is 3.21. The van der Waals surface area contributed by atoms with Crippen molar-refractivity contribution in [2.24, 2.45) is 0 Å². The molecule has 2 rings (SSSR count). The van der Waals surface area contributed by atoms with Gasteiger partial charge in [0.2, 0.25) is 0 Å². The van der Waals surface area contributed by atoms with Gasteiger partial charge in [0.1, 0.15) is 5.76 Å². The number of carbonyl (C=O) groups is 1. The lowest BCUT2D eigenvalue weighted by Gasteiger charge is -2.16. The lowest BCUT2D eigenvalue weighted by molar-refractivity contribution is -0.141. The van der Waals surface area contributed by atoms with E-state index >= 15 is 0 Å². The van der Waals surface area contributed by atoms with E-state index in [9.17, 15) is 9.90 Å².